The summed E-state index contributed by atoms with van der Waals surface area (Å²) in [5.41, 5.74) is 1.64. The largest absolute Gasteiger partial charge is 0.492 e. The van der Waals surface area contributed by atoms with Crippen LogP contribution in [0.2, 0.25) is 0 Å². The van der Waals surface area contributed by atoms with Gasteiger partial charge < -0.3 is 20.1 Å². The number of ether oxygens (including phenoxy) is 2. The van der Waals surface area contributed by atoms with Gasteiger partial charge in [-0.05, 0) is 69.2 Å². The molecule has 0 bridgehead atoms. The Balaban J connectivity index is 1.46. The van der Waals surface area contributed by atoms with Crippen LogP contribution in [0.3, 0.4) is 0 Å². The molecule has 3 rings (SSSR count). The number of aliphatic imine (C=N–C) groups is 1. The molecule has 0 spiro atoms. The van der Waals surface area contributed by atoms with E-state index in [-0.39, 0.29) is 0 Å². The van der Waals surface area contributed by atoms with Crippen molar-refractivity contribution < 1.29 is 9.47 Å². The first kappa shape index (κ1) is 23.9. The molecule has 174 valence electrons. The van der Waals surface area contributed by atoms with Crippen molar-refractivity contribution >= 4 is 5.96 Å². The minimum absolute atomic E-state index is 0.474. The maximum atomic E-state index is 6.04. The second-order valence-corrected chi connectivity index (χ2v) is 9.08. The summed E-state index contributed by atoms with van der Waals surface area (Å²) in [5.74, 6) is 1.83. The predicted octanol–water partition coefficient (Wildman–Crippen LogP) is 3.81. The first-order chi connectivity index (χ1) is 15.1. The quantitative estimate of drug-likeness (QED) is 0.413. The monoisotopic (exact) mass is 430 g/mol. The van der Waals surface area contributed by atoms with Crippen LogP contribution in [0.25, 0.3) is 0 Å². The van der Waals surface area contributed by atoms with Crippen LogP contribution in [0.1, 0.15) is 57.9 Å². The van der Waals surface area contributed by atoms with E-state index in [1.165, 1.54) is 31.2 Å². The third-order valence-corrected chi connectivity index (χ3v) is 6.98. The number of nitrogens with one attached hydrogen (secondary N) is 2. The van der Waals surface area contributed by atoms with E-state index in [1.807, 2.05) is 6.07 Å². The van der Waals surface area contributed by atoms with Gasteiger partial charge in [0, 0.05) is 38.9 Å². The SMILES string of the molecule is CCNC(=NCc1cccc(OCCN(C)C2CCOCC2)c1)NCC1(CC)CCC1. The van der Waals surface area contributed by atoms with Crippen molar-refractivity contribution in [1.29, 1.82) is 0 Å². The Bertz CT molecular complexity index is 678. The number of hydrogen-bond donors (Lipinski definition) is 2. The van der Waals surface area contributed by atoms with Gasteiger partial charge in [-0.3, -0.25) is 4.90 Å². The summed E-state index contributed by atoms with van der Waals surface area (Å²) in [6, 6.07) is 8.94. The molecule has 1 aromatic carbocycles. The van der Waals surface area contributed by atoms with Crippen LogP contribution in [-0.4, -0.2) is 63.4 Å². The molecule has 1 saturated carbocycles. The summed E-state index contributed by atoms with van der Waals surface area (Å²) in [5, 5.41) is 6.95. The van der Waals surface area contributed by atoms with Gasteiger partial charge in [0.15, 0.2) is 5.96 Å². The third-order valence-electron chi connectivity index (χ3n) is 6.98. The third kappa shape index (κ3) is 7.39. The Morgan fingerprint density at radius 1 is 1.23 bits per heavy atom. The molecule has 31 heavy (non-hydrogen) atoms. The number of nitrogens with zero attached hydrogens (tertiary/aromatic N) is 2. The summed E-state index contributed by atoms with van der Waals surface area (Å²) in [7, 11) is 2.19. The van der Waals surface area contributed by atoms with Gasteiger partial charge in [-0.1, -0.05) is 25.5 Å². The van der Waals surface area contributed by atoms with E-state index in [2.05, 4.69) is 54.6 Å². The minimum atomic E-state index is 0.474. The molecule has 6 heteroatoms. The molecule has 0 unspecified atom stereocenters. The van der Waals surface area contributed by atoms with Gasteiger partial charge in [0.25, 0.3) is 0 Å². The molecule has 0 amide bonds. The number of likely N-dealkylation sites (N-methyl/N-ethyl adjacent to an activating group) is 1. The number of guanidine groups is 1. The maximum absolute atomic E-state index is 6.04. The fraction of sp³-hybridized carbons (Fsp3) is 0.720. The van der Waals surface area contributed by atoms with E-state index in [0.717, 1.165) is 57.4 Å². The van der Waals surface area contributed by atoms with Crippen LogP contribution < -0.4 is 15.4 Å². The zero-order valence-electron chi connectivity index (χ0n) is 19.8. The number of hydrogen-bond acceptors (Lipinski definition) is 4. The van der Waals surface area contributed by atoms with Crippen LogP contribution in [0.4, 0.5) is 0 Å². The lowest BCUT2D eigenvalue weighted by Gasteiger charge is -2.41. The summed E-state index contributed by atoms with van der Waals surface area (Å²) in [6.07, 6.45) is 7.50. The maximum Gasteiger partial charge on any atom is 0.191 e. The first-order valence-electron chi connectivity index (χ1n) is 12.2. The number of benzene rings is 1. The summed E-state index contributed by atoms with van der Waals surface area (Å²) in [4.78, 5) is 7.21. The molecule has 0 aromatic heterocycles. The van der Waals surface area contributed by atoms with Gasteiger partial charge in [-0.25, -0.2) is 4.99 Å². The lowest BCUT2D eigenvalue weighted by atomic mass is 9.67. The molecule has 2 aliphatic rings. The van der Waals surface area contributed by atoms with Crippen molar-refractivity contribution in [1.82, 2.24) is 15.5 Å². The number of rotatable bonds is 11. The molecular formula is C25H42N4O2. The van der Waals surface area contributed by atoms with E-state index in [9.17, 15) is 0 Å². The van der Waals surface area contributed by atoms with Crippen LogP contribution >= 0.6 is 0 Å². The molecule has 1 saturated heterocycles. The van der Waals surface area contributed by atoms with Crippen LogP contribution in [0, 0.1) is 5.41 Å². The Morgan fingerprint density at radius 2 is 2.03 bits per heavy atom. The van der Waals surface area contributed by atoms with Gasteiger partial charge >= 0.3 is 0 Å². The van der Waals surface area contributed by atoms with E-state index in [0.29, 0.717) is 24.6 Å². The van der Waals surface area contributed by atoms with Gasteiger partial charge in [0.05, 0.1) is 6.54 Å². The molecule has 6 nitrogen and oxygen atoms in total. The zero-order valence-corrected chi connectivity index (χ0v) is 19.8. The second kappa shape index (κ2) is 12.3. The highest BCUT2D eigenvalue weighted by Gasteiger charge is 2.34. The van der Waals surface area contributed by atoms with E-state index >= 15 is 0 Å². The summed E-state index contributed by atoms with van der Waals surface area (Å²) in [6.45, 7) is 10.3. The van der Waals surface area contributed by atoms with Crippen LogP contribution in [0.15, 0.2) is 29.3 Å². The fourth-order valence-electron chi connectivity index (χ4n) is 4.47. The van der Waals surface area contributed by atoms with Gasteiger partial charge in [0.1, 0.15) is 12.4 Å². The Hall–Kier alpha value is -1.79. The highest BCUT2D eigenvalue weighted by molar-refractivity contribution is 5.79. The smallest absolute Gasteiger partial charge is 0.191 e. The molecule has 1 heterocycles. The average molecular weight is 431 g/mol. The lowest BCUT2D eigenvalue weighted by molar-refractivity contribution is 0.0392. The Morgan fingerprint density at radius 3 is 2.71 bits per heavy atom. The van der Waals surface area contributed by atoms with Gasteiger partial charge in [0.2, 0.25) is 0 Å². The molecule has 0 radical (unpaired) electrons. The molecule has 2 fully saturated rings. The van der Waals surface area contributed by atoms with Crippen molar-refractivity contribution in [3.8, 4) is 5.75 Å². The highest BCUT2D eigenvalue weighted by Crippen LogP contribution is 2.43. The first-order valence-corrected chi connectivity index (χ1v) is 12.2. The van der Waals surface area contributed by atoms with Crippen molar-refractivity contribution in [2.75, 3.05) is 46.5 Å². The van der Waals surface area contributed by atoms with Crippen LogP contribution in [-0.2, 0) is 11.3 Å². The van der Waals surface area contributed by atoms with Crippen molar-refractivity contribution in [2.24, 2.45) is 10.4 Å². The molecule has 1 aliphatic carbocycles. The van der Waals surface area contributed by atoms with E-state index < -0.39 is 0 Å². The summed E-state index contributed by atoms with van der Waals surface area (Å²) < 4.78 is 11.5. The molecule has 1 aromatic rings. The molecule has 0 atom stereocenters. The van der Waals surface area contributed by atoms with E-state index in [4.69, 9.17) is 14.5 Å². The van der Waals surface area contributed by atoms with Crippen LogP contribution in [0.5, 0.6) is 5.75 Å². The normalized spacial score (nSPS) is 19.2. The standard InChI is InChI=1S/C25H42N4O2/c1-4-25(12-7-13-25)20-28-24(26-5-2)27-19-21-8-6-9-23(18-21)31-17-14-29(3)22-10-15-30-16-11-22/h6,8-9,18,22H,4-5,7,10-17,19-20H2,1-3H3,(H2,26,27,28). The Labute approximate surface area is 188 Å². The molecule has 2 N–H and O–H groups in total. The average Bonchev–Trinajstić information content (AvgIpc) is 2.77. The second-order valence-electron chi connectivity index (χ2n) is 9.08. The zero-order chi connectivity index (χ0) is 21.9. The van der Waals surface area contributed by atoms with Crippen molar-refractivity contribution in [3.63, 3.8) is 0 Å². The van der Waals surface area contributed by atoms with Crippen molar-refractivity contribution in [3.05, 3.63) is 29.8 Å². The fourth-order valence-corrected chi connectivity index (χ4v) is 4.47. The summed E-state index contributed by atoms with van der Waals surface area (Å²) >= 11 is 0. The highest BCUT2D eigenvalue weighted by atomic mass is 16.5. The van der Waals surface area contributed by atoms with Gasteiger partial charge in [-0.15, -0.1) is 0 Å². The molecule has 1 aliphatic heterocycles. The topological polar surface area (TPSA) is 58.1 Å². The predicted molar refractivity (Wildman–Crippen MR) is 128 cm³/mol. The lowest BCUT2D eigenvalue weighted by Crippen LogP contribution is -2.46. The molecular weight excluding hydrogens is 388 g/mol. The van der Waals surface area contributed by atoms with Gasteiger partial charge in [-0.2, -0.15) is 0 Å². The Kier molecular flexibility index (Phi) is 9.47. The van der Waals surface area contributed by atoms with Crippen molar-refractivity contribution in [2.45, 2.75) is 65.0 Å². The minimum Gasteiger partial charge on any atom is -0.492 e. The van der Waals surface area contributed by atoms with E-state index in [1.54, 1.807) is 0 Å².